The maximum Gasteiger partial charge on any atom is 0.243 e. The van der Waals surface area contributed by atoms with Gasteiger partial charge in [-0.05, 0) is 6.92 Å². The normalized spacial score (nSPS) is 19.8. The van der Waals surface area contributed by atoms with Gasteiger partial charge in [0, 0.05) is 27.2 Å². The average Bonchev–Trinajstić information content (AvgIpc) is 2.38. The summed E-state index contributed by atoms with van der Waals surface area (Å²) in [5.74, 6) is 6.94. The van der Waals surface area contributed by atoms with Gasteiger partial charge in [0.1, 0.15) is 0 Å². The van der Waals surface area contributed by atoms with E-state index in [0.29, 0.717) is 24.5 Å². The molecule has 1 aromatic rings. The van der Waals surface area contributed by atoms with Gasteiger partial charge in [-0.2, -0.15) is 15.0 Å². The first-order valence-corrected chi connectivity index (χ1v) is 5.86. The highest BCUT2D eigenvalue weighted by molar-refractivity contribution is 5.44. The monoisotopic (exact) mass is 253 g/mol. The minimum Gasteiger partial charge on any atom is -0.375 e. The molecule has 1 saturated heterocycles. The molecule has 1 atom stereocenters. The minimum absolute atomic E-state index is 0.174. The summed E-state index contributed by atoms with van der Waals surface area (Å²) in [7, 11) is 3.75. The summed E-state index contributed by atoms with van der Waals surface area (Å²) >= 11 is 0. The molecule has 0 aliphatic carbocycles. The van der Waals surface area contributed by atoms with Crippen molar-refractivity contribution < 1.29 is 4.74 Å². The molecule has 0 amide bonds. The first-order valence-electron chi connectivity index (χ1n) is 5.86. The first-order chi connectivity index (χ1) is 8.60. The number of nitrogens with two attached hydrogens (primary N) is 1. The smallest absolute Gasteiger partial charge is 0.243 e. The van der Waals surface area contributed by atoms with Crippen LogP contribution < -0.4 is 21.1 Å². The Morgan fingerprint density at radius 2 is 2.17 bits per heavy atom. The van der Waals surface area contributed by atoms with Crippen LogP contribution in [0.4, 0.5) is 17.8 Å². The molecule has 0 bridgehead atoms. The molecule has 1 aliphatic rings. The number of ether oxygens (including phenoxy) is 1. The fourth-order valence-corrected chi connectivity index (χ4v) is 1.76. The summed E-state index contributed by atoms with van der Waals surface area (Å²) < 4.78 is 5.50. The van der Waals surface area contributed by atoms with E-state index in [1.807, 2.05) is 25.9 Å². The lowest BCUT2D eigenvalue weighted by atomic mass is 10.3. The van der Waals surface area contributed by atoms with E-state index in [0.717, 1.165) is 13.1 Å². The molecule has 0 saturated carbocycles. The molecule has 2 rings (SSSR count). The Kier molecular flexibility index (Phi) is 3.78. The van der Waals surface area contributed by atoms with Crippen molar-refractivity contribution in [2.24, 2.45) is 5.84 Å². The predicted molar refractivity (Wildman–Crippen MR) is 69.6 cm³/mol. The molecule has 8 nitrogen and oxygen atoms in total. The Labute approximate surface area is 106 Å². The second kappa shape index (κ2) is 5.32. The number of nitrogens with zero attached hydrogens (tertiary/aromatic N) is 5. The molecule has 8 heteroatoms. The van der Waals surface area contributed by atoms with Gasteiger partial charge >= 0.3 is 0 Å². The van der Waals surface area contributed by atoms with Crippen LogP contribution in [0.3, 0.4) is 0 Å². The van der Waals surface area contributed by atoms with Gasteiger partial charge in [0.25, 0.3) is 0 Å². The zero-order valence-corrected chi connectivity index (χ0v) is 10.9. The molecule has 18 heavy (non-hydrogen) atoms. The zero-order valence-electron chi connectivity index (χ0n) is 10.9. The van der Waals surface area contributed by atoms with E-state index in [2.05, 4.69) is 25.3 Å². The van der Waals surface area contributed by atoms with Crippen molar-refractivity contribution in [2.75, 3.05) is 49.0 Å². The summed E-state index contributed by atoms with van der Waals surface area (Å²) in [5, 5.41) is 0. The van der Waals surface area contributed by atoms with Gasteiger partial charge in [-0.3, -0.25) is 5.43 Å². The molecular formula is C10H19N7O. The van der Waals surface area contributed by atoms with Gasteiger partial charge in [-0.15, -0.1) is 0 Å². The Morgan fingerprint density at radius 3 is 2.78 bits per heavy atom. The minimum atomic E-state index is 0.174. The average molecular weight is 253 g/mol. The van der Waals surface area contributed by atoms with E-state index >= 15 is 0 Å². The van der Waals surface area contributed by atoms with Gasteiger partial charge in [-0.1, -0.05) is 0 Å². The van der Waals surface area contributed by atoms with Crippen LogP contribution >= 0.6 is 0 Å². The second-order valence-corrected chi connectivity index (χ2v) is 4.43. The van der Waals surface area contributed by atoms with Crippen LogP contribution in [-0.4, -0.2) is 54.8 Å². The van der Waals surface area contributed by atoms with Gasteiger partial charge in [0.05, 0.1) is 12.7 Å². The van der Waals surface area contributed by atoms with E-state index < -0.39 is 0 Å². The Morgan fingerprint density at radius 1 is 1.39 bits per heavy atom. The van der Waals surface area contributed by atoms with Crippen molar-refractivity contribution in [3.8, 4) is 0 Å². The third-order valence-corrected chi connectivity index (χ3v) is 2.66. The lowest BCUT2D eigenvalue weighted by molar-refractivity contribution is 0.0526. The third kappa shape index (κ3) is 2.77. The maximum absolute atomic E-state index is 5.50. The van der Waals surface area contributed by atoms with Gasteiger partial charge in [0.15, 0.2) is 0 Å². The van der Waals surface area contributed by atoms with Crippen LogP contribution in [0, 0.1) is 0 Å². The molecule has 0 spiro atoms. The highest BCUT2D eigenvalue weighted by atomic mass is 16.5. The van der Waals surface area contributed by atoms with Crippen LogP contribution in [0.2, 0.25) is 0 Å². The van der Waals surface area contributed by atoms with Crippen molar-refractivity contribution >= 4 is 17.8 Å². The summed E-state index contributed by atoms with van der Waals surface area (Å²) in [4.78, 5) is 16.8. The van der Waals surface area contributed by atoms with Crippen molar-refractivity contribution in [3.05, 3.63) is 0 Å². The highest BCUT2D eigenvalue weighted by Gasteiger charge is 2.20. The van der Waals surface area contributed by atoms with Crippen LogP contribution in [0.15, 0.2) is 0 Å². The zero-order chi connectivity index (χ0) is 13.1. The molecule has 2 heterocycles. The van der Waals surface area contributed by atoms with Crippen molar-refractivity contribution in [3.63, 3.8) is 0 Å². The number of hydrogen-bond donors (Lipinski definition) is 2. The van der Waals surface area contributed by atoms with Crippen molar-refractivity contribution in [1.29, 1.82) is 0 Å². The molecule has 0 radical (unpaired) electrons. The third-order valence-electron chi connectivity index (χ3n) is 2.66. The number of hydrazine groups is 1. The summed E-state index contributed by atoms with van der Waals surface area (Å²) in [5.41, 5.74) is 2.47. The van der Waals surface area contributed by atoms with E-state index in [-0.39, 0.29) is 6.10 Å². The van der Waals surface area contributed by atoms with E-state index in [4.69, 9.17) is 10.6 Å². The van der Waals surface area contributed by atoms with Crippen LogP contribution in [0.25, 0.3) is 0 Å². The van der Waals surface area contributed by atoms with E-state index in [9.17, 15) is 0 Å². The molecule has 100 valence electrons. The van der Waals surface area contributed by atoms with Crippen molar-refractivity contribution in [1.82, 2.24) is 15.0 Å². The lowest BCUT2D eigenvalue weighted by Crippen LogP contribution is -2.42. The number of anilines is 3. The SMILES string of the molecule is CC1CN(c2nc(NN)nc(N(C)C)n2)CCO1. The Hall–Kier alpha value is -1.67. The molecular weight excluding hydrogens is 234 g/mol. The van der Waals surface area contributed by atoms with Crippen LogP contribution in [0.1, 0.15) is 6.92 Å². The lowest BCUT2D eigenvalue weighted by Gasteiger charge is -2.31. The fourth-order valence-electron chi connectivity index (χ4n) is 1.76. The fraction of sp³-hybridized carbons (Fsp3) is 0.700. The van der Waals surface area contributed by atoms with E-state index in [1.54, 1.807) is 0 Å². The Balaban J connectivity index is 2.28. The summed E-state index contributed by atoms with van der Waals surface area (Å²) in [6.45, 7) is 4.24. The molecule has 1 unspecified atom stereocenters. The molecule has 1 aromatic heterocycles. The number of hydrogen-bond acceptors (Lipinski definition) is 8. The largest absolute Gasteiger partial charge is 0.375 e. The predicted octanol–water partition coefficient (Wildman–Crippen LogP) is -0.552. The van der Waals surface area contributed by atoms with Crippen molar-refractivity contribution in [2.45, 2.75) is 13.0 Å². The quantitative estimate of drug-likeness (QED) is 0.547. The molecule has 1 aliphatic heterocycles. The number of rotatable bonds is 3. The summed E-state index contributed by atoms with van der Waals surface area (Å²) in [6.07, 6.45) is 0.174. The number of aromatic nitrogens is 3. The van der Waals surface area contributed by atoms with Gasteiger partial charge < -0.3 is 14.5 Å². The highest BCUT2D eigenvalue weighted by Crippen LogP contribution is 2.17. The first kappa shape index (κ1) is 12.8. The number of nitrogen functional groups attached to an aromatic ring is 1. The van der Waals surface area contributed by atoms with Gasteiger partial charge in [0.2, 0.25) is 17.8 Å². The molecule has 1 fully saturated rings. The topological polar surface area (TPSA) is 92.4 Å². The molecule has 0 aromatic carbocycles. The van der Waals surface area contributed by atoms with E-state index in [1.165, 1.54) is 0 Å². The second-order valence-electron chi connectivity index (χ2n) is 4.43. The van der Waals surface area contributed by atoms with Crippen LogP contribution in [-0.2, 0) is 4.74 Å². The van der Waals surface area contributed by atoms with Crippen LogP contribution in [0.5, 0.6) is 0 Å². The summed E-state index contributed by atoms with van der Waals surface area (Å²) in [6, 6.07) is 0. The number of nitrogens with one attached hydrogen (secondary N) is 1. The van der Waals surface area contributed by atoms with Gasteiger partial charge in [-0.25, -0.2) is 5.84 Å². The Bertz CT molecular complexity index is 411. The maximum atomic E-state index is 5.50. The standard InChI is InChI=1S/C10H19N7O/c1-7-6-17(4-5-18-7)10-13-8(15-11)12-9(14-10)16(2)3/h7H,4-6,11H2,1-3H3,(H,12,13,14,15). The number of morpholine rings is 1. The molecule has 3 N–H and O–H groups in total.